The first-order valence-corrected chi connectivity index (χ1v) is 10.7. The van der Waals surface area contributed by atoms with Gasteiger partial charge in [0.15, 0.2) is 16.2 Å². The van der Waals surface area contributed by atoms with Crippen molar-refractivity contribution in [2.24, 2.45) is 0 Å². The zero-order chi connectivity index (χ0) is 20.8. The van der Waals surface area contributed by atoms with Crippen LogP contribution in [0, 0.1) is 0 Å². The van der Waals surface area contributed by atoms with Crippen molar-refractivity contribution in [3.8, 4) is 11.5 Å². The number of aliphatic hydroxyl groups is 1. The van der Waals surface area contributed by atoms with Gasteiger partial charge >= 0.3 is 0 Å². The molecule has 152 valence electrons. The summed E-state index contributed by atoms with van der Waals surface area (Å²) < 4.78 is 16.8. The Balaban J connectivity index is 1.63. The summed E-state index contributed by atoms with van der Waals surface area (Å²) in [6.45, 7) is 0.314. The van der Waals surface area contributed by atoms with Crippen LogP contribution in [0.2, 0.25) is 0 Å². The van der Waals surface area contributed by atoms with E-state index < -0.39 is 17.7 Å². The normalized spacial score (nSPS) is 19.6. The molecule has 4 heterocycles. The molecule has 2 aliphatic heterocycles. The number of hydrogen-bond donors (Lipinski definition) is 1. The van der Waals surface area contributed by atoms with Crippen LogP contribution in [0.5, 0.6) is 11.5 Å². The second kappa shape index (κ2) is 7.33. The van der Waals surface area contributed by atoms with Gasteiger partial charge in [0.05, 0.1) is 12.1 Å². The van der Waals surface area contributed by atoms with Crippen LogP contribution in [-0.2, 0) is 16.1 Å². The largest absolute Gasteiger partial charge is 0.507 e. The van der Waals surface area contributed by atoms with E-state index in [1.807, 2.05) is 17.5 Å². The van der Waals surface area contributed by atoms with E-state index in [-0.39, 0.29) is 24.7 Å². The quantitative estimate of drug-likeness (QED) is 0.332. The first-order chi connectivity index (χ1) is 14.5. The Hall–Kier alpha value is -3.04. The van der Waals surface area contributed by atoms with Crippen LogP contribution >= 0.6 is 27.3 Å². The van der Waals surface area contributed by atoms with Crippen LogP contribution in [0.3, 0.4) is 0 Å². The summed E-state index contributed by atoms with van der Waals surface area (Å²) in [6, 6.07) is 11.1. The fraction of sp³-hybridized carbons (Fsp3) is 0.143. The van der Waals surface area contributed by atoms with Crippen LogP contribution in [0.15, 0.2) is 62.5 Å². The SMILES string of the molecule is O=C1C(=O)N(Cc2cccs2)C(c2ccc(Br)o2)/C1=C(\O)c1ccc2c(c1)OCO2. The number of benzene rings is 1. The van der Waals surface area contributed by atoms with Crippen LogP contribution in [0.4, 0.5) is 0 Å². The van der Waals surface area contributed by atoms with Crippen LogP contribution in [0.1, 0.15) is 22.2 Å². The lowest BCUT2D eigenvalue weighted by Crippen LogP contribution is -2.28. The van der Waals surface area contributed by atoms with Crippen molar-refractivity contribution in [1.82, 2.24) is 4.90 Å². The number of fused-ring (bicyclic) bond motifs is 1. The van der Waals surface area contributed by atoms with E-state index in [0.717, 1.165) is 4.88 Å². The molecule has 1 unspecified atom stereocenters. The molecule has 0 radical (unpaired) electrons. The zero-order valence-electron chi connectivity index (χ0n) is 15.3. The Morgan fingerprint density at radius 1 is 1.17 bits per heavy atom. The van der Waals surface area contributed by atoms with Gasteiger partial charge in [0, 0.05) is 10.4 Å². The zero-order valence-corrected chi connectivity index (χ0v) is 17.7. The molecule has 1 saturated heterocycles. The molecule has 1 fully saturated rings. The van der Waals surface area contributed by atoms with E-state index in [0.29, 0.717) is 27.5 Å². The molecule has 2 aromatic heterocycles. The third-order valence-corrected chi connectivity index (χ3v) is 6.24. The molecule has 1 atom stereocenters. The number of rotatable bonds is 4. The van der Waals surface area contributed by atoms with Crippen molar-refractivity contribution in [3.05, 3.63) is 74.3 Å². The van der Waals surface area contributed by atoms with Gasteiger partial charge in [0.2, 0.25) is 6.79 Å². The summed E-state index contributed by atoms with van der Waals surface area (Å²) in [7, 11) is 0. The maximum absolute atomic E-state index is 13.0. The van der Waals surface area contributed by atoms with E-state index >= 15 is 0 Å². The Morgan fingerprint density at radius 3 is 2.73 bits per heavy atom. The Labute approximate surface area is 183 Å². The number of furan rings is 1. The number of nitrogens with zero attached hydrogens (tertiary/aromatic N) is 1. The van der Waals surface area contributed by atoms with Crippen LogP contribution in [-0.4, -0.2) is 28.5 Å². The van der Waals surface area contributed by atoms with Gasteiger partial charge < -0.3 is 23.9 Å². The topological polar surface area (TPSA) is 89.2 Å². The monoisotopic (exact) mass is 487 g/mol. The Morgan fingerprint density at radius 2 is 2.00 bits per heavy atom. The van der Waals surface area contributed by atoms with Crippen molar-refractivity contribution >= 4 is 44.7 Å². The van der Waals surface area contributed by atoms with Crippen molar-refractivity contribution < 1.29 is 28.6 Å². The molecular formula is C21H14BrNO6S. The number of ether oxygens (including phenoxy) is 2. The molecule has 2 aliphatic rings. The summed E-state index contributed by atoms with van der Waals surface area (Å²) in [4.78, 5) is 28.2. The highest BCUT2D eigenvalue weighted by Gasteiger charge is 2.47. The predicted octanol–water partition coefficient (Wildman–Crippen LogP) is 4.45. The summed E-state index contributed by atoms with van der Waals surface area (Å²) in [5.74, 6) is -0.361. The first kappa shape index (κ1) is 19.0. The number of carbonyl (C=O) groups is 2. The molecule has 1 amide bonds. The second-order valence-electron chi connectivity index (χ2n) is 6.72. The fourth-order valence-corrected chi connectivity index (χ4v) is 4.61. The number of Topliss-reactive ketones (excluding diaryl/α,β-unsaturated/α-hetero) is 1. The highest BCUT2D eigenvalue weighted by Crippen LogP contribution is 2.43. The average Bonchev–Trinajstić information content (AvgIpc) is 3.52. The molecule has 0 saturated carbocycles. The van der Waals surface area contributed by atoms with E-state index in [1.54, 1.807) is 30.3 Å². The van der Waals surface area contributed by atoms with Gasteiger partial charge in [-0.15, -0.1) is 11.3 Å². The maximum Gasteiger partial charge on any atom is 0.296 e. The molecule has 5 rings (SSSR count). The smallest absolute Gasteiger partial charge is 0.296 e. The summed E-state index contributed by atoms with van der Waals surface area (Å²) in [5.41, 5.74) is 0.321. The number of carbonyl (C=O) groups excluding carboxylic acids is 2. The van der Waals surface area contributed by atoms with E-state index in [4.69, 9.17) is 13.9 Å². The molecule has 0 bridgehead atoms. The second-order valence-corrected chi connectivity index (χ2v) is 8.53. The van der Waals surface area contributed by atoms with Gasteiger partial charge in [-0.3, -0.25) is 9.59 Å². The molecule has 0 spiro atoms. The van der Waals surface area contributed by atoms with Crippen molar-refractivity contribution in [1.29, 1.82) is 0 Å². The fourth-order valence-electron chi connectivity index (χ4n) is 3.58. The van der Waals surface area contributed by atoms with Gasteiger partial charge in [-0.1, -0.05) is 6.07 Å². The van der Waals surface area contributed by atoms with Gasteiger partial charge in [-0.25, -0.2) is 0 Å². The molecule has 3 aromatic rings. The van der Waals surface area contributed by atoms with Crippen LogP contribution in [0.25, 0.3) is 5.76 Å². The highest BCUT2D eigenvalue weighted by molar-refractivity contribution is 9.10. The van der Waals surface area contributed by atoms with Gasteiger partial charge in [-0.2, -0.15) is 0 Å². The minimum Gasteiger partial charge on any atom is -0.507 e. The summed E-state index contributed by atoms with van der Waals surface area (Å²) in [5, 5.41) is 13.0. The van der Waals surface area contributed by atoms with E-state index in [1.165, 1.54) is 16.2 Å². The van der Waals surface area contributed by atoms with Gasteiger partial charge in [0.25, 0.3) is 11.7 Å². The summed E-state index contributed by atoms with van der Waals surface area (Å²) >= 11 is 4.74. The first-order valence-electron chi connectivity index (χ1n) is 8.99. The predicted molar refractivity (Wildman–Crippen MR) is 111 cm³/mol. The molecule has 7 nitrogen and oxygen atoms in total. The minimum atomic E-state index is -0.858. The lowest BCUT2D eigenvalue weighted by molar-refractivity contribution is -0.140. The standard InChI is InChI=1S/C21H14BrNO6S/c22-16-6-5-14(29-16)18-17(19(24)11-3-4-13-15(8-11)28-10-27-13)20(25)21(26)23(18)9-12-2-1-7-30-12/h1-8,18,24H,9-10H2/b19-17+. The lowest BCUT2D eigenvalue weighted by atomic mass is 9.99. The molecular weight excluding hydrogens is 474 g/mol. The minimum absolute atomic E-state index is 0.0303. The van der Waals surface area contributed by atoms with E-state index in [9.17, 15) is 14.7 Å². The lowest BCUT2D eigenvalue weighted by Gasteiger charge is -2.22. The Bertz CT molecular complexity index is 1180. The maximum atomic E-state index is 13.0. The molecule has 9 heteroatoms. The third kappa shape index (κ3) is 3.10. The number of likely N-dealkylation sites (tertiary alicyclic amines) is 1. The molecule has 1 N–H and O–H groups in total. The van der Waals surface area contributed by atoms with Crippen molar-refractivity contribution in [3.63, 3.8) is 0 Å². The average molecular weight is 488 g/mol. The van der Waals surface area contributed by atoms with Crippen LogP contribution < -0.4 is 9.47 Å². The molecule has 0 aliphatic carbocycles. The summed E-state index contributed by atoms with van der Waals surface area (Å²) in [6.07, 6.45) is 0. The number of hydrogen-bond acceptors (Lipinski definition) is 7. The van der Waals surface area contributed by atoms with Crippen molar-refractivity contribution in [2.75, 3.05) is 6.79 Å². The van der Waals surface area contributed by atoms with E-state index in [2.05, 4.69) is 15.9 Å². The van der Waals surface area contributed by atoms with Gasteiger partial charge in [0.1, 0.15) is 17.6 Å². The molecule has 30 heavy (non-hydrogen) atoms. The number of thiophene rings is 1. The van der Waals surface area contributed by atoms with Crippen molar-refractivity contribution in [2.45, 2.75) is 12.6 Å². The highest BCUT2D eigenvalue weighted by atomic mass is 79.9. The third-order valence-electron chi connectivity index (χ3n) is 4.96. The number of amides is 1. The molecule has 1 aromatic carbocycles. The number of ketones is 1. The van der Waals surface area contributed by atoms with Gasteiger partial charge in [-0.05, 0) is 57.7 Å². The Kier molecular flexibility index (Phi) is 4.63. The number of halogens is 1. The number of aliphatic hydroxyl groups excluding tert-OH is 1.